The van der Waals surface area contributed by atoms with E-state index in [1.54, 1.807) is 11.8 Å². The molecule has 0 unspecified atom stereocenters. The minimum atomic E-state index is 0. The van der Waals surface area contributed by atoms with Crippen LogP contribution in [0.2, 0.25) is 0 Å². The molecule has 76 valence electrons. The smallest absolute Gasteiger partial charge is 0.104 e. The number of thioether (sulfide) groups is 1. The van der Waals surface area contributed by atoms with E-state index in [1.165, 1.54) is 16.3 Å². The van der Waals surface area contributed by atoms with Crippen LogP contribution in [0.4, 0.5) is 5.69 Å². The molecule has 0 spiro atoms. The van der Waals surface area contributed by atoms with Gasteiger partial charge in [0.15, 0.2) is 0 Å². The van der Waals surface area contributed by atoms with Crippen molar-refractivity contribution in [3.8, 4) is 0 Å². The summed E-state index contributed by atoms with van der Waals surface area (Å²) >= 11 is 1.71. The van der Waals surface area contributed by atoms with E-state index >= 15 is 0 Å². The first kappa shape index (κ1) is 10.2. The van der Waals surface area contributed by atoms with Crippen LogP contribution in [0.15, 0.2) is 41.4 Å². The normalized spacial score (nSPS) is 12.5. The number of benzene rings is 2. The lowest BCUT2D eigenvalue weighted by atomic mass is 10.1. The topological polar surface area (TPSA) is 42.4 Å². The van der Waals surface area contributed by atoms with Gasteiger partial charge in [-0.3, -0.25) is 0 Å². The highest BCUT2D eigenvalue weighted by atomic mass is 32.2. The van der Waals surface area contributed by atoms with Gasteiger partial charge < -0.3 is 5.48 Å². The van der Waals surface area contributed by atoms with Gasteiger partial charge in [0.05, 0.1) is 5.69 Å². The Morgan fingerprint density at radius 2 is 1.80 bits per heavy atom. The van der Waals surface area contributed by atoms with E-state index in [4.69, 9.17) is 0 Å². The summed E-state index contributed by atoms with van der Waals surface area (Å²) in [6.07, 6.45) is 2.07. The molecule has 3 rings (SSSR count). The minimum Gasteiger partial charge on any atom is -0.870 e. The number of hydrogen-bond donors (Lipinski definition) is 0. The summed E-state index contributed by atoms with van der Waals surface area (Å²) in [5, 5.41) is 3.73. The summed E-state index contributed by atoms with van der Waals surface area (Å²) in [5.41, 5.74) is 2.40. The monoisotopic (exact) mass is 216 g/mol. The lowest BCUT2D eigenvalue weighted by Gasteiger charge is -2.00. The van der Waals surface area contributed by atoms with Crippen LogP contribution in [0.3, 0.4) is 0 Å². The Morgan fingerprint density at radius 1 is 1.07 bits per heavy atom. The third-order valence-corrected chi connectivity index (χ3v) is 3.23. The predicted octanol–water partition coefficient (Wildman–Crippen LogP) is 3.42. The highest BCUT2D eigenvalue weighted by Crippen LogP contribution is 2.37. The van der Waals surface area contributed by atoms with Gasteiger partial charge in [0.2, 0.25) is 0 Å². The molecule has 0 amide bonds. The van der Waals surface area contributed by atoms with E-state index < -0.39 is 0 Å². The highest BCUT2D eigenvalue weighted by Gasteiger charge is 2.16. The fraction of sp³-hybridized carbons (Fsp3) is 0.0833. The summed E-state index contributed by atoms with van der Waals surface area (Å²) in [6.45, 7) is 0. The third-order valence-electron chi connectivity index (χ3n) is 2.53. The molecule has 1 heterocycles. The zero-order valence-corrected chi connectivity index (χ0v) is 9.08. The molecule has 1 aliphatic rings. The summed E-state index contributed by atoms with van der Waals surface area (Å²) < 4.78 is 0. The zero-order valence-electron chi connectivity index (χ0n) is 8.27. The third kappa shape index (κ3) is 1.35. The van der Waals surface area contributed by atoms with Gasteiger partial charge in [0, 0.05) is 10.9 Å². The van der Waals surface area contributed by atoms with Gasteiger partial charge in [-0.2, -0.15) is 0 Å². The van der Waals surface area contributed by atoms with E-state index in [9.17, 15) is 0 Å². The molecule has 2 aromatic rings. The predicted molar refractivity (Wildman–Crippen MR) is 65.6 cm³/mol. The van der Waals surface area contributed by atoms with Crippen LogP contribution in [0.1, 0.15) is 5.56 Å². The van der Waals surface area contributed by atoms with Crippen molar-refractivity contribution in [3.05, 3.63) is 42.0 Å². The molecule has 1 aliphatic heterocycles. The summed E-state index contributed by atoms with van der Waals surface area (Å²) in [4.78, 5) is 4.59. The standard InChI is InChI=1S/C12H9NS.H2O/c1-14-12-9-6-2-4-8-5-3-7-10(13-12)11(8)9;/h2-7H,1H3;1H2/p-1. The van der Waals surface area contributed by atoms with Gasteiger partial charge in [0.1, 0.15) is 5.04 Å². The van der Waals surface area contributed by atoms with E-state index in [0.29, 0.717) is 0 Å². The Labute approximate surface area is 92.3 Å². The van der Waals surface area contributed by atoms with Crippen molar-refractivity contribution in [2.24, 2.45) is 4.99 Å². The van der Waals surface area contributed by atoms with E-state index in [-0.39, 0.29) is 5.48 Å². The van der Waals surface area contributed by atoms with Crippen molar-refractivity contribution < 1.29 is 5.48 Å². The highest BCUT2D eigenvalue weighted by molar-refractivity contribution is 8.13. The first-order valence-electron chi connectivity index (χ1n) is 4.55. The fourth-order valence-electron chi connectivity index (χ4n) is 1.92. The first-order valence-corrected chi connectivity index (χ1v) is 5.77. The number of nitrogens with zero attached hydrogens (tertiary/aromatic N) is 1. The first-order chi connectivity index (χ1) is 6.90. The molecule has 0 radical (unpaired) electrons. The lowest BCUT2D eigenvalue weighted by Crippen LogP contribution is -1.88. The van der Waals surface area contributed by atoms with E-state index in [1.807, 2.05) is 0 Å². The second-order valence-corrected chi connectivity index (χ2v) is 4.10. The van der Waals surface area contributed by atoms with E-state index in [0.717, 1.165) is 10.7 Å². The second kappa shape index (κ2) is 3.68. The molecule has 0 aromatic heterocycles. The molecule has 0 saturated carbocycles. The maximum atomic E-state index is 4.59. The van der Waals surface area contributed by atoms with Crippen LogP contribution in [0.25, 0.3) is 10.8 Å². The van der Waals surface area contributed by atoms with Crippen molar-refractivity contribution in [2.75, 3.05) is 6.26 Å². The Hall–Kier alpha value is -1.32. The Balaban J connectivity index is 0.000000853. The lowest BCUT2D eigenvalue weighted by molar-refractivity contribution is 0.824. The molecular weight excluding hydrogens is 206 g/mol. The van der Waals surface area contributed by atoms with Gasteiger partial charge in [-0.1, -0.05) is 30.3 Å². The Morgan fingerprint density at radius 3 is 2.53 bits per heavy atom. The van der Waals surface area contributed by atoms with Gasteiger partial charge in [-0.25, -0.2) is 4.99 Å². The fourth-order valence-corrected chi connectivity index (χ4v) is 2.50. The van der Waals surface area contributed by atoms with Gasteiger partial charge in [0.25, 0.3) is 0 Å². The van der Waals surface area contributed by atoms with Crippen LogP contribution in [-0.4, -0.2) is 16.8 Å². The molecule has 0 atom stereocenters. The molecule has 2 aromatic carbocycles. The van der Waals surface area contributed by atoms with Crippen LogP contribution in [-0.2, 0) is 0 Å². The van der Waals surface area contributed by atoms with Crippen LogP contribution >= 0.6 is 11.8 Å². The summed E-state index contributed by atoms with van der Waals surface area (Å²) in [6, 6.07) is 12.7. The van der Waals surface area contributed by atoms with Crippen molar-refractivity contribution in [1.82, 2.24) is 0 Å². The molecule has 0 fully saturated rings. The minimum absolute atomic E-state index is 0. The maximum Gasteiger partial charge on any atom is 0.104 e. The molecule has 0 bridgehead atoms. The van der Waals surface area contributed by atoms with Crippen molar-refractivity contribution in [3.63, 3.8) is 0 Å². The zero-order chi connectivity index (χ0) is 9.54. The molecule has 15 heavy (non-hydrogen) atoms. The van der Waals surface area contributed by atoms with Crippen LogP contribution in [0, 0.1) is 0 Å². The quantitative estimate of drug-likeness (QED) is 0.677. The van der Waals surface area contributed by atoms with Gasteiger partial charge >= 0.3 is 0 Å². The van der Waals surface area contributed by atoms with Crippen molar-refractivity contribution >= 4 is 33.3 Å². The number of rotatable bonds is 0. The average molecular weight is 216 g/mol. The van der Waals surface area contributed by atoms with Crippen molar-refractivity contribution in [1.29, 1.82) is 0 Å². The molecule has 0 aliphatic carbocycles. The maximum absolute atomic E-state index is 4.59. The van der Waals surface area contributed by atoms with Crippen molar-refractivity contribution in [2.45, 2.75) is 0 Å². The number of aliphatic imine (C=N–C) groups is 1. The number of hydrogen-bond acceptors (Lipinski definition) is 3. The summed E-state index contributed by atoms with van der Waals surface area (Å²) in [5.74, 6) is 0. The molecular formula is C12H10NOS-. The molecule has 3 heteroatoms. The second-order valence-electron chi connectivity index (χ2n) is 3.30. The average Bonchev–Trinajstić information content (AvgIpc) is 2.60. The van der Waals surface area contributed by atoms with Gasteiger partial charge in [-0.15, -0.1) is 11.8 Å². The molecule has 0 saturated heterocycles. The van der Waals surface area contributed by atoms with E-state index in [2.05, 4.69) is 47.6 Å². The SMILES string of the molecule is CSC1=Nc2cccc3cccc1c23.[OH-]. The largest absolute Gasteiger partial charge is 0.870 e. The Bertz CT molecular complexity index is 543. The van der Waals surface area contributed by atoms with Crippen LogP contribution in [0.5, 0.6) is 0 Å². The summed E-state index contributed by atoms with van der Waals surface area (Å²) in [7, 11) is 0. The molecule has 1 N–H and O–H groups in total. The van der Waals surface area contributed by atoms with Gasteiger partial charge in [-0.05, 0) is 17.7 Å². The Kier molecular flexibility index (Phi) is 2.50. The molecule has 2 nitrogen and oxygen atoms in total. The van der Waals surface area contributed by atoms with Crippen LogP contribution < -0.4 is 0 Å².